The van der Waals surface area contributed by atoms with Crippen molar-refractivity contribution in [3.63, 3.8) is 0 Å². The van der Waals surface area contributed by atoms with Crippen molar-refractivity contribution >= 4 is 21.6 Å². The van der Waals surface area contributed by atoms with Gasteiger partial charge in [-0.25, -0.2) is 4.39 Å². The van der Waals surface area contributed by atoms with Gasteiger partial charge in [0.15, 0.2) is 0 Å². The fourth-order valence-electron chi connectivity index (χ4n) is 2.31. The number of benzene rings is 2. The summed E-state index contributed by atoms with van der Waals surface area (Å²) in [7, 11) is 5.93. The molecule has 0 fully saturated rings. The summed E-state index contributed by atoms with van der Waals surface area (Å²) < 4.78 is 14.8. The zero-order valence-electron chi connectivity index (χ0n) is 12.5. The Bertz CT molecular complexity index is 596. The summed E-state index contributed by atoms with van der Waals surface area (Å²) in [5.41, 5.74) is 3.02. The van der Waals surface area contributed by atoms with Gasteiger partial charge in [-0.1, -0.05) is 28.1 Å². The molecule has 0 spiro atoms. The molecule has 0 bridgehead atoms. The van der Waals surface area contributed by atoms with Crippen LogP contribution >= 0.6 is 15.9 Å². The number of hydrogen-bond acceptors (Lipinski definition) is 2. The van der Waals surface area contributed by atoms with Gasteiger partial charge in [0, 0.05) is 30.3 Å². The monoisotopic (exact) mass is 350 g/mol. The number of nitrogens with one attached hydrogen (secondary N) is 1. The van der Waals surface area contributed by atoms with Crippen LogP contribution in [0.4, 0.5) is 10.1 Å². The third-order valence-electron chi connectivity index (χ3n) is 3.59. The van der Waals surface area contributed by atoms with Crippen LogP contribution in [0.25, 0.3) is 0 Å². The second kappa shape index (κ2) is 7.05. The third kappa shape index (κ3) is 4.05. The highest BCUT2D eigenvalue weighted by Crippen LogP contribution is 2.24. The van der Waals surface area contributed by atoms with Crippen LogP contribution in [0.5, 0.6) is 0 Å². The zero-order chi connectivity index (χ0) is 15.4. The van der Waals surface area contributed by atoms with Gasteiger partial charge in [-0.15, -0.1) is 0 Å². The minimum absolute atomic E-state index is 0.0880. The SMILES string of the molecule is CNC(Cc1cc(Br)ccc1F)c1ccc(N(C)C)cc1. The molecule has 0 radical (unpaired) electrons. The molecule has 2 nitrogen and oxygen atoms in total. The molecular formula is C17H20BrFN2. The fraction of sp³-hybridized carbons (Fsp3) is 0.294. The van der Waals surface area contributed by atoms with Gasteiger partial charge >= 0.3 is 0 Å². The van der Waals surface area contributed by atoms with Gasteiger partial charge in [0.25, 0.3) is 0 Å². The average molecular weight is 351 g/mol. The topological polar surface area (TPSA) is 15.3 Å². The molecule has 0 aliphatic rings. The quantitative estimate of drug-likeness (QED) is 0.870. The lowest BCUT2D eigenvalue weighted by molar-refractivity contribution is 0.554. The molecule has 21 heavy (non-hydrogen) atoms. The van der Waals surface area contributed by atoms with E-state index >= 15 is 0 Å². The van der Waals surface area contributed by atoms with E-state index in [2.05, 4.69) is 50.4 Å². The predicted molar refractivity (Wildman–Crippen MR) is 90.4 cm³/mol. The van der Waals surface area contributed by atoms with Crippen molar-refractivity contribution < 1.29 is 4.39 Å². The maximum absolute atomic E-state index is 13.9. The normalized spacial score (nSPS) is 12.2. The van der Waals surface area contributed by atoms with E-state index in [-0.39, 0.29) is 11.9 Å². The van der Waals surface area contributed by atoms with Crippen LogP contribution in [-0.2, 0) is 6.42 Å². The first kappa shape index (κ1) is 16.0. The highest BCUT2D eigenvalue weighted by Gasteiger charge is 2.13. The molecule has 0 saturated carbocycles. The standard InChI is InChI=1S/C17H20BrFN2/c1-20-17(11-13-10-14(18)6-9-16(13)19)12-4-7-15(8-5-12)21(2)3/h4-10,17,20H,11H2,1-3H3. The Morgan fingerprint density at radius 3 is 2.38 bits per heavy atom. The lowest BCUT2D eigenvalue weighted by Crippen LogP contribution is -2.19. The molecule has 0 saturated heterocycles. The van der Waals surface area contributed by atoms with Crippen LogP contribution in [0, 0.1) is 5.82 Å². The Kier molecular flexibility index (Phi) is 5.37. The van der Waals surface area contributed by atoms with E-state index in [0.717, 1.165) is 15.7 Å². The molecule has 112 valence electrons. The largest absolute Gasteiger partial charge is 0.378 e. The number of nitrogens with zero attached hydrogens (tertiary/aromatic N) is 1. The van der Waals surface area contributed by atoms with Gasteiger partial charge in [0.05, 0.1) is 0 Å². The van der Waals surface area contributed by atoms with Crippen molar-refractivity contribution in [2.45, 2.75) is 12.5 Å². The summed E-state index contributed by atoms with van der Waals surface area (Å²) >= 11 is 3.40. The summed E-state index contributed by atoms with van der Waals surface area (Å²) in [6, 6.07) is 13.5. The van der Waals surface area contributed by atoms with Crippen molar-refractivity contribution in [3.05, 3.63) is 63.9 Å². The summed E-state index contributed by atoms with van der Waals surface area (Å²) in [5.74, 6) is -0.164. The molecule has 1 unspecified atom stereocenters. The molecule has 1 N–H and O–H groups in total. The van der Waals surface area contributed by atoms with Gasteiger partial charge in [-0.3, -0.25) is 0 Å². The first-order chi connectivity index (χ1) is 10.0. The van der Waals surface area contributed by atoms with Crippen LogP contribution in [0.1, 0.15) is 17.2 Å². The van der Waals surface area contributed by atoms with Crippen LogP contribution in [0.15, 0.2) is 46.9 Å². The van der Waals surface area contributed by atoms with E-state index in [4.69, 9.17) is 0 Å². The first-order valence-corrected chi connectivity index (χ1v) is 7.69. The first-order valence-electron chi connectivity index (χ1n) is 6.89. The summed E-state index contributed by atoms with van der Waals surface area (Å²) in [6.45, 7) is 0. The number of halogens is 2. The summed E-state index contributed by atoms with van der Waals surface area (Å²) in [5, 5.41) is 3.27. The van der Waals surface area contributed by atoms with Gasteiger partial charge < -0.3 is 10.2 Å². The molecule has 0 aromatic heterocycles. The Labute approximate surface area is 134 Å². The molecular weight excluding hydrogens is 331 g/mol. The Hall–Kier alpha value is -1.39. The lowest BCUT2D eigenvalue weighted by Gasteiger charge is -2.19. The van der Waals surface area contributed by atoms with E-state index in [1.54, 1.807) is 6.07 Å². The lowest BCUT2D eigenvalue weighted by atomic mass is 9.98. The second-order valence-electron chi connectivity index (χ2n) is 5.27. The van der Waals surface area contributed by atoms with E-state index in [1.807, 2.05) is 27.2 Å². The molecule has 0 aliphatic heterocycles. The number of anilines is 1. The average Bonchev–Trinajstić information content (AvgIpc) is 2.48. The van der Waals surface area contributed by atoms with Crippen molar-refractivity contribution in [3.8, 4) is 0 Å². The van der Waals surface area contributed by atoms with E-state index in [1.165, 1.54) is 6.07 Å². The van der Waals surface area contributed by atoms with Crippen LogP contribution in [-0.4, -0.2) is 21.1 Å². The minimum atomic E-state index is -0.164. The Morgan fingerprint density at radius 2 is 1.81 bits per heavy atom. The molecule has 0 amide bonds. The zero-order valence-corrected chi connectivity index (χ0v) is 14.1. The highest BCUT2D eigenvalue weighted by atomic mass is 79.9. The molecule has 2 rings (SSSR count). The van der Waals surface area contributed by atoms with Gasteiger partial charge in [0.2, 0.25) is 0 Å². The van der Waals surface area contributed by atoms with Crippen LogP contribution in [0.2, 0.25) is 0 Å². The Morgan fingerprint density at radius 1 is 1.14 bits per heavy atom. The van der Waals surface area contributed by atoms with Crippen LogP contribution in [0.3, 0.4) is 0 Å². The highest BCUT2D eigenvalue weighted by molar-refractivity contribution is 9.10. The van der Waals surface area contributed by atoms with Crippen molar-refractivity contribution in [2.24, 2.45) is 0 Å². The van der Waals surface area contributed by atoms with Gasteiger partial charge in [0.1, 0.15) is 5.82 Å². The molecule has 0 aliphatic carbocycles. The Balaban J connectivity index is 2.21. The van der Waals surface area contributed by atoms with E-state index in [0.29, 0.717) is 12.0 Å². The summed E-state index contributed by atoms with van der Waals surface area (Å²) in [6.07, 6.45) is 0.614. The minimum Gasteiger partial charge on any atom is -0.378 e. The second-order valence-corrected chi connectivity index (χ2v) is 6.18. The molecule has 2 aromatic carbocycles. The molecule has 2 aromatic rings. The van der Waals surface area contributed by atoms with Crippen molar-refractivity contribution in [1.29, 1.82) is 0 Å². The fourth-order valence-corrected chi connectivity index (χ4v) is 2.72. The van der Waals surface area contributed by atoms with Crippen molar-refractivity contribution in [1.82, 2.24) is 5.32 Å². The van der Waals surface area contributed by atoms with Gasteiger partial charge in [-0.2, -0.15) is 0 Å². The van der Waals surface area contributed by atoms with E-state index < -0.39 is 0 Å². The maximum Gasteiger partial charge on any atom is 0.126 e. The van der Waals surface area contributed by atoms with Crippen LogP contribution < -0.4 is 10.2 Å². The maximum atomic E-state index is 13.9. The molecule has 1 atom stereocenters. The molecule has 0 heterocycles. The summed E-state index contributed by atoms with van der Waals surface area (Å²) in [4.78, 5) is 2.06. The smallest absolute Gasteiger partial charge is 0.126 e. The third-order valence-corrected chi connectivity index (χ3v) is 4.09. The molecule has 4 heteroatoms. The number of rotatable bonds is 5. The van der Waals surface area contributed by atoms with E-state index in [9.17, 15) is 4.39 Å². The van der Waals surface area contributed by atoms with Crippen molar-refractivity contribution in [2.75, 3.05) is 26.0 Å². The number of hydrogen-bond donors (Lipinski definition) is 1. The van der Waals surface area contributed by atoms with Gasteiger partial charge in [-0.05, 0) is 54.9 Å². The number of likely N-dealkylation sites (N-methyl/N-ethyl adjacent to an activating group) is 1. The predicted octanol–water partition coefficient (Wildman–Crippen LogP) is 4.16.